The molecule has 0 saturated heterocycles. The minimum absolute atomic E-state index is 0.0761. The van der Waals surface area contributed by atoms with Gasteiger partial charge in [0.15, 0.2) is 0 Å². The van der Waals surface area contributed by atoms with E-state index >= 15 is 0 Å². The Labute approximate surface area is 122 Å². The highest BCUT2D eigenvalue weighted by molar-refractivity contribution is 6.35. The Balaban J connectivity index is 2.66. The Bertz CT molecular complexity index is 640. The molecule has 5 heteroatoms. The fourth-order valence-corrected chi connectivity index (χ4v) is 2.10. The van der Waals surface area contributed by atoms with Crippen LogP contribution in [-0.2, 0) is 4.74 Å². The zero-order chi connectivity index (χ0) is 14.7. The maximum absolute atomic E-state index is 12.0. The van der Waals surface area contributed by atoms with Crippen molar-refractivity contribution in [3.05, 3.63) is 35.0 Å². The first-order valence-corrected chi connectivity index (χ1v) is 6.83. The SMILES string of the molecule is CCOC(=O)c1cnc2c(Cl)cccc2c1OC(C)C. The third-order valence-corrected chi connectivity index (χ3v) is 2.95. The minimum Gasteiger partial charge on any atom is -0.489 e. The number of hydrogen-bond donors (Lipinski definition) is 0. The van der Waals surface area contributed by atoms with Crippen LogP contribution in [0.3, 0.4) is 0 Å². The van der Waals surface area contributed by atoms with E-state index in [-0.39, 0.29) is 6.10 Å². The average Bonchev–Trinajstić information content (AvgIpc) is 2.39. The molecule has 20 heavy (non-hydrogen) atoms. The van der Waals surface area contributed by atoms with Crippen LogP contribution < -0.4 is 4.74 Å². The van der Waals surface area contributed by atoms with Gasteiger partial charge in [-0.25, -0.2) is 4.79 Å². The Kier molecular flexibility index (Phi) is 4.45. The highest BCUT2D eigenvalue weighted by Crippen LogP contribution is 2.33. The molecule has 0 unspecified atom stereocenters. The molecule has 0 bridgehead atoms. The zero-order valence-electron chi connectivity index (χ0n) is 11.6. The van der Waals surface area contributed by atoms with Crippen molar-refractivity contribution < 1.29 is 14.3 Å². The van der Waals surface area contributed by atoms with Gasteiger partial charge >= 0.3 is 5.97 Å². The van der Waals surface area contributed by atoms with E-state index in [1.807, 2.05) is 19.9 Å². The average molecular weight is 294 g/mol. The molecule has 1 aromatic carbocycles. The third-order valence-electron chi connectivity index (χ3n) is 2.65. The van der Waals surface area contributed by atoms with Crippen LogP contribution in [0.1, 0.15) is 31.1 Å². The predicted molar refractivity (Wildman–Crippen MR) is 78.5 cm³/mol. The molecular formula is C15H16ClNO3. The van der Waals surface area contributed by atoms with Crippen molar-refractivity contribution in [2.24, 2.45) is 0 Å². The van der Waals surface area contributed by atoms with Gasteiger partial charge in [-0.15, -0.1) is 0 Å². The highest BCUT2D eigenvalue weighted by Gasteiger charge is 2.19. The maximum Gasteiger partial charge on any atom is 0.343 e. The van der Waals surface area contributed by atoms with Crippen molar-refractivity contribution in [1.29, 1.82) is 0 Å². The quantitative estimate of drug-likeness (QED) is 0.803. The number of aromatic nitrogens is 1. The minimum atomic E-state index is -0.447. The zero-order valence-corrected chi connectivity index (χ0v) is 12.4. The van der Waals surface area contributed by atoms with E-state index in [4.69, 9.17) is 21.1 Å². The van der Waals surface area contributed by atoms with Gasteiger partial charge in [0.1, 0.15) is 11.3 Å². The van der Waals surface area contributed by atoms with E-state index in [2.05, 4.69) is 4.98 Å². The molecule has 1 heterocycles. The number of halogens is 1. The number of ether oxygens (including phenoxy) is 2. The lowest BCUT2D eigenvalue weighted by molar-refractivity contribution is 0.0520. The number of carbonyl (C=O) groups is 1. The fraction of sp³-hybridized carbons (Fsp3) is 0.333. The number of fused-ring (bicyclic) bond motifs is 1. The van der Waals surface area contributed by atoms with E-state index < -0.39 is 5.97 Å². The molecule has 0 aliphatic carbocycles. The van der Waals surface area contributed by atoms with Crippen molar-refractivity contribution in [2.75, 3.05) is 6.61 Å². The molecule has 0 atom stereocenters. The van der Waals surface area contributed by atoms with E-state index in [1.165, 1.54) is 6.20 Å². The molecule has 0 fully saturated rings. The molecule has 0 aliphatic heterocycles. The molecule has 2 aromatic rings. The van der Waals surface area contributed by atoms with Crippen molar-refractivity contribution in [3.63, 3.8) is 0 Å². The summed E-state index contributed by atoms with van der Waals surface area (Å²) >= 11 is 6.12. The van der Waals surface area contributed by atoms with Crippen LogP contribution in [0.25, 0.3) is 10.9 Å². The molecule has 106 valence electrons. The summed E-state index contributed by atoms with van der Waals surface area (Å²) in [5.41, 5.74) is 0.924. The summed E-state index contributed by atoms with van der Waals surface area (Å²) in [5.74, 6) is 0.0171. The van der Waals surface area contributed by atoms with Crippen LogP contribution in [0, 0.1) is 0 Å². The standard InChI is InChI=1S/C15H16ClNO3/c1-4-19-15(18)11-8-17-13-10(6-5-7-12(13)16)14(11)20-9(2)3/h5-9H,4H2,1-3H3. The molecule has 0 radical (unpaired) electrons. The fourth-order valence-electron chi connectivity index (χ4n) is 1.88. The normalized spacial score (nSPS) is 10.8. The number of para-hydroxylation sites is 1. The molecule has 4 nitrogen and oxygen atoms in total. The second kappa shape index (κ2) is 6.09. The van der Waals surface area contributed by atoms with Gasteiger partial charge < -0.3 is 9.47 Å². The van der Waals surface area contributed by atoms with Crippen LogP contribution in [0.15, 0.2) is 24.4 Å². The first kappa shape index (κ1) is 14.6. The summed E-state index contributed by atoms with van der Waals surface area (Å²) in [5, 5.41) is 1.23. The molecular weight excluding hydrogens is 278 g/mol. The summed E-state index contributed by atoms with van der Waals surface area (Å²) in [6.07, 6.45) is 1.37. The lowest BCUT2D eigenvalue weighted by atomic mass is 10.1. The Morgan fingerprint density at radius 2 is 2.15 bits per heavy atom. The first-order valence-electron chi connectivity index (χ1n) is 6.45. The summed E-state index contributed by atoms with van der Waals surface area (Å²) in [4.78, 5) is 16.2. The van der Waals surface area contributed by atoms with E-state index in [0.717, 1.165) is 0 Å². The second-order valence-electron chi connectivity index (χ2n) is 4.52. The van der Waals surface area contributed by atoms with Crippen LogP contribution >= 0.6 is 11.6 Å². The number of rotatable bonds is 4. The molecule has 0 saturated carbocycles. The van der Waals surface area contributed by atoms with Crippen molar-refractivity contribution >= 4 is 28.5 Å². The Morgan fingerprint density at radius 3 is 2.80 bits per heavy atom. The lowest BCUT2D eigenvalue weighted by Gasteiger charge is -2.16. The topological polar surface area (TPSA) is 48.4 Å². The van der Waals surface area contributed by atoms with Gasteiger partial charge in [0.2, 0.25) is 0 Å². The Morgan fingerprint density at radius 1 is 1.40 bits per heavy atom. The van der Waals surface area contributed by atoms with Crippen LogP contribution in [0.4, 0.5) is 0 Å². The molecule has 1 aromatic heterocycles. The smallest absolute Gasteiger partial charge is 0.343 e. The predicted octanol–water partition coefficient (Wildman–Crippen LogP) is 3.85. The largest absolute Gasteiger partial charge is 0.489 e. The molecule has 0 aliphatic rings. The summed E-state index contributed by atoms with van der Waals surface area (Å²) in [6, 6.07) is 5.38. The number of pyridine rings is 1. The number of hydrogen-bond acceptors (Lipinski definition) is 4. The van der Waals surface area contributed by atoms with E-state index in [9.17, 15) is 4.79 Å². The number of benzene rings is 1. The summed E-state index contributed by atoms with van der Waals surface area (Å²) in [7, 11) is 0. The third kappa shape index (κ3) is 2.85. The first-order chi connectivity index (χ1) is 9.54. The van der Waals surface area contributed by atoms with E-state index in [0.29, 0.717) is 33.8 Å². The van der Waals surface area contributed by atoms with Crippen LogP contribution in [-0.4, -0.2) is 23.7 Å². The van der Waals surface area contributed by atoms with Crippen molar-refractivity contribution in [1.82, 2.24) is 4.98 Å². The summed E-state index contributed by atoms with van der Waals surface area (Å²) < 4.78 is 10.8. The second-order valence-corrected chi connectivity index (χ2v) is 4.93. The number of carbonyl (C=O) groups excluding carboxylic acids is 1. The molecule has 0 spiro atoms. The molecule has 2 rings (SSSR count). The van der Waals surface area contributed by atoms with Gasteiger partial charge in [0.05, 0.1) is 23.3 Å². The van der Waals surface area contributed by atoms with Crippen molar-refractivity contribution in [3.8, 4) is 5.75 Å². The lowest BCUT2D eigenvalue weighted by Crippen LogP contribution is -2.13. The van der Waals surface area contributed by atoms with Gasteiger partial charge in [-0.1, -0.05) is 17.7 Å². The Hall–Kier alpha value is -1.81. The van der Waals surface area contributed by atoms with Crippen molar-refractivity contribution in [2.45, 2.75) is 26.9 Å². The van der Waals surface area contributed by atoms with Gasteiger partial charge in [0, 0.05) is 11.6 Å². The van der Waals surface area contributed by atoms with Gasteiger partial charge in [-0.05, 0) is 32.9 Å². The molecule has 0 N–H and O–H groups in total. The molecule has 0 amide bonds. The summed E-state index contributed by atoms with van der Waals surface area (Å²) in [6.45, 7) is 5.84. The van der Waals surface area contributed by atoms with Gasteiger partial charge in [-0.2, -0.15) is 0 Å². The van der Waals surface area contributed by atoms with E-state index in [1.54, 1.807) is 19.1 Å². The number of esters is 1. The van der Waals surface area contributed by atoms with Gasteiger partial charge in [-0.3, -0.25) is 4.98 Å². The maximum atomic E-state index is 12.0. The van der Waals surface area contributed by atoms with Gasteiger partial charge in [0.25, 0.3) is 0 Å². The highest BCUT2D eigenvalue weighted by atomic mass is 35.5. The van der Waals surface area contributed by atoms with Crippen LogP contribution in [0.5, 0.6) is 5.75 Å². The van der Waals surface area contributed by atoms with Crippen LogP contribution in [0.2, 0.25) is 5.02 Å². The monoisotopic (exact) mass is 293 g/mol. The number of nitrogens with zero attached hydrogens (tertiary/aromatic N) is 1.